The molecule has 2 fully saturated rings. The lowest BCUT2D eigenvalue weighted by Crippen LogP contribution is -2.42. The Morgan fingerprint density at radius 2 is 2.20 bits per heavy atom. The van der Waals surface area contributed by atoms with Crippen LogP contribution >= 0.6 is 0 Å². The largest absolute Gasteiger partial charge is 0.366 e. The van der Waals surface area contributed by atoms with Crippen molar-refractivity contribution in [2.24, 2.45) is 5.73 Å². The van der Waals surface area contributed by atoms with Crippen LogP contribution in [0.2, 0.25) is 0 Å². The molecule has 132 valence electrons. The lowest BCUT2D eigenvalue weighted by Gasteiger charge is -2.35. The third-order valence-electron chi connectivity index (χ3n) is 4.63. The van der Waals surface area contributed by atoms with Crippen molar-refractivity contribution in [3.05, 3.63) is 47.1 Å². The number of aromatic nitrogens is 2. The molecule has 4 rings (SSSR count). The fourth-order valence-electron chi connectivity index (χ4n) is 3.27. The van der Waals surface area contributed by atoms with Gasteiger partial charge in [-0.1, -0.05) is 17.3 Å². The highest BCUT2D eigenvalue weighted by Gasteiger charge is 2.33. The highest BCUT2D eigenvalue weighted by Crippen LogP contribution is 2.39. The van der Waals surface area contributed by atoms with Crippen LogP contribution in [0.1, 0.15) is 59.4 Å². The summed E-state index contributed by atoms with van der Waals surface area (Å²) in [4.78, 5) is 18.2. The fourth-order valence-corrected chi connectivity index (χ4v) is 3.27. The minimum atomic E-state index is -0.409. The SMILES string of the molecule is C[C@@H]1CN(Cc2cccc(C(N)=O)c2)C[C@H](c2nc(C3CC3)no2)O1. The van der Waals surface area contributed by atoms with E-state index in [1.165, 1.54) is 0 Å². The first kappa shape index (κ1) is 16.2. The van der Waals surface area contributed by atoms with Crippen molar-refractivity contribution in [1.29, 1.82) is 0 Å². The normalized spacial score (nSPS) is 24.4. The average molecular weight is 342 g/mol. The third kappa shape index (κ3) is 3.72. The number of ether oxygens (including phenoxy) is 1. The number of hydrogen-bond donors (Lipinski definition) is 1. The quantitative estimate of drug-likeness (QED) is 0.893. The molecule has 0 bridgehead atoms. The van der Waals surface area contributed by atoms with Crippen LogP contribution < -0.4 is 5.73 Å². The summed E-state index contributed by atoms with van der Waals surface area (Å²) in [7, 11) is 0. The average Bonchev–Trinajstić information content (AvgIpc) is 3.31. The predicted octanol–water partition coefficient (Wildman–Crippen LogP) is 2.01. The maximum absolute atomic E-state index is 11.4. The van der Waals surface area contributed by atoms with E-state index in [0.29, 0.717) is 23.9 Å². The first-order chi connectivity index (χ1) is 12.1. The van der Waals surface area contributed by atoms with E-state index in [0.717, 1.165) is 37.3 Å². The molecular weight excluding hydrogens is 320 g/mol. The molecule has 1 saturated carbocycles. The number of carbonyl (C=O) groups is 1. The van der Waals surface area contributed by atoms with Gasteiger partial charge < -0.3 is 15.0 Å². The summed E-state index contributed by atoms with van der Waals surface area (Å²) in [6.45, 7) is 4.24. The Morgan fingerprint density at radius 1 is 1.36 bits per heavy atom. The van der Waals surface area contributed by atoms with E-state index < -0.39 is 5.91 Å². The van der Waals surface area contributed by atoms with Crippen molar-refractivity contribution in [3.8, 4) is 0 Å². The molecule has 1 saturated heterocycles. The van der Waals surface area contributed by atoms with Gasteiger partial charge in [-0.2, -0.15) is 4.98 Å². The number of primary amides is 1. The Kier molecular flexibility index (Phi) is 4.27. The second-order valence-corrected chi connectivity index (χ2v) is 6.96. The summed E-state index contributed by atoms with van der Waals surface area (Å²) < 4.78 is 11.4. The van der Waals surface area contributed by atoms with Gasteiger partial charge in [-0.3, -0.25) is 9.69 Å². The van der Waals surface area contributed by atoms with E-state index in [2.05, 4.69) is 15.0 Å². The topological polar surface area (TPSA) is 94.5 Å². The molecule has 1 amide bonds. The highest BCUT2D eigenvalue weighted by molar-refractivity contribution is 5.92. The zero-order valence-electron chi connectivity index (χ0n) is 14.2. The van der Waals surface area contributed by atoms with Gasteiger partial charge in [-0.15, -0.1) is 0 Å². The Bertz CT molecular complexity index is 771. The lowest BCUT2D eigenvalue weighted by molar-refractivity contribution is -0.0930. The van der Waals surface area contributed by atoms with E-state index in [1.54, 1.807) is 6.07 Å². The van der Waals surface area contributed by atoms with E-state index in [4.69, 9.17) is 15.0 Å². The van der Waals surface area contributed by atoms with Crippen molar-refractivity contribution in [1.82, 2.24) is 15.0 Å². The monoisotopic (exact) mass is 342 g/mol. The van der Waals surface area contributed by atoms with Gasteiger partial charge in [-0.05, 0) is 37.5 Å². The van der Waals surface area contributed by atoms with Crippen LogP contribution in [0.3, 0.4) is 0 Å². The molecule has 1 aliphatic heterocycles. The Labute approximate surface area is 146 Å². The standard InChI is InChI=1S/C18H22N4O3/c1-11-8-22(9-12-3-2-4-14(7-12)16(19)23)10-15(24-11)18-20-17(21-25-18)13-5-6-13/h2-4,7,11,13,15H,5-6,8-10H2,1H3,(H2,19,23)/t11-,15-/m1/s1. The van der Waals surface area contributed by atoms with E-state index in [9.17, 15) is 4.79 Å². The molecule has 0 spiro atoms. The van der Waals surface area contributed by atoms with Crippen LogP contribution in [0.15, 0.2) is 28.8 Å². The smallest absolute Gasteiger partial charge is 0.257 e. The summed E-state index contributed by atoms with van der Waals surface area (Å²) in [6, 6.07) is 7.43. The minimum Gasteiger partial charge on any atom is -0.366 e. The summed E-state index contributed by atoms with van der Waals surface area (Å²) in [5.41, 5.74) is 6.95. The number of benzene rings is 1. The zero-order valence-corrected chi connectivity index (χ0v) is 14.2. The van der Waals surface area contributed by atoms with Crippen LogP contribution in [0.5, 0.6) is 0 Å². The first-order valence-electron chi connectivity index (χ1n) is 8.68. The molecule has 0 radical (unpaired) electrons. The number of rotatable bonds is 5. The maximum atomic E-state index is 11.4. The summed E-state index contributed by atoms with van der Waals surface area (Å²) in [5, 5.41) is 4.08. The molecule has 25 heavy (non-hydrogen) atoms. The molecule has 0 unspecified atom stereocenters. The number of nitrogens with zero attached hydrogens (tertiary/aromatic N) is 3. The summed E-state index contributed by atoms with van der Waals surface area (Å²) in [5.74, 6) is 1.42. The maximum Gasteiger partial charge on any atom is 0.257 e. The van der Waals surface area contributed by atoms with Gasteiger partial charge in [0.25, 0.3) is 5.89 Å². The molecule has 1 aromatic carbocycles. The fraction of sp³-hybridized carbons (Fsp3) is 0.500. The molecule has 1 aromatic heterocycles. The number of morpholine rings is 1. The van der Waals surface area contributed by atoms with Crippen molar-refractivity contribution < 1.29 is 14.1 Å². The molecule has 2 aromatic rings. The number of nitrogens with two attached hydrogens (primary N) is 1. The van der Waals surface area contributed by atoms with E-state index >= 15 is 0 Å². The molecular formula is C18H22N4O3. The van der Waals surface area contributed by atoms with Crippen LogP contribution in [0.25, 0.3) is 0 Å². The van der Waals surface area contributed by atoms with Crippen LogP contribution in [0.4, 0.5) is 0 Å². The van der Waals surface area contributed by atoms with Gasteiger partial charge in [0, 0.05) is 31.1 Å². The van der Waals surface area contributed by atoms with Gasteiger partial charge in [0.05, 0.1) is 6.10 Å². The molecule has 2 atom stereocenters. The minimum absolute atomic E-state index is 0.0642. The number of hydrogen-bond acceptors (Lipinski definition) is 6. The molecule has 7 heteroatoms. The van der Waals surface area contributed by atoms with Crippen LogP contribution in [0, 0.1) is 0 Å². The van der Waals surface area contributed by atoms with Crippen molar-refractivity contribution in [2.75, 3.05) is 13.1 Å². The van der Waals surface area contributed by atoms with Gasteiger partial charge >= 0.3 is 0 Å². The summed E-state index contributed by atoms with van der Waals surface area (Å²) in [6.07, 6.45) is 2.13. The Balaban J connectivity index is 1.46. The Morgan fingerprint density at radius 3 is 2.96 bits per heavy atom. The molecule has 2 heterocycles. The molecule has 1 aliphatic carbocycles. The van der Waals surface area contributed by atoms with E-state index in [1.807, 2.05) is 25.1 Å². The van der Waals surface area contributed by atoms with Crippen molar-refractivity contribution >= 4 is 5.91 Å². The lowest BCUT2D eigenvalue weighted by atomic mass is 10.1. The van der Waals surface area contributed by atoms with Gasteiger partial charge in [-0.25, -0.2) is 0 Å². The van der Waals surface area contributed by atoms with Crippen LogP contribution in [-0.4, -0.2) is 40.1 Å². The molecule has 2 aliphatic rings. The van der Waals surface area contributed by atoms with Crippen molar-refractivity contribution in [2.45, 2.75) is 44.4 Å². The third-order valence-corrected chi connectivity index (χ3v) is 4.63. The second-order valence-electron chi connectivity index (χ2n) is 6.96. The van der Waals surface area contributed by atoms with Crippen molar-refractivity contribution in [3.63, 3.8) is 0 Å². The van der Waals surface area contributed by atoms with Gasteiger partial charge in [0.2, 0.25) is 5.91 Å². The second kappa shape index (κ2) is 6.57. The summed E-state index contributed by atoms with van der Waals surface area (Å²) >= 11 is 0. The molecule has 2 N–H and O–H groups in total. The van der Waals surface area contributed by atoms with Gasteiger partial charge in [0.1, 0.15) is 6.10 Å². The first-order valence-corrected chi connectivity index (χ1v) is 8.68. The van der Waals surface area contributed by atoms with E-state index in [-0.39, 0.29) is 12.2 Å². The van der Waals surface area contributed by atoms with Gasteiger partial charge in [0.15, 0.2) is 5.82 Å². The highest BCUT2D eigenvalue weighted by atomic mass is 16.5. The number of carbonyl (C=O) groups excluding carboxylic acids is 1. The Hall–Kier alpha value is -2.25. The zero-order chi connectivity index (χ0) is 17.4. The molecule has 7 nitrogen and oxygen atoms in total. The predicted molar refractivity (Wildman–Crippen MR) is 89.8 cm³/mol. The number of amides is 1. The van der Waals surface area contributed by atoms with Crippen LogP contribution in [-0.2, 0) is 11.3 Å².